The van der Waals surface area contributed by atoms with Crippen LogP contribution in [-0.2, 0) is 23.3 Å². The van der Waals surface area contributed by atoms with Gasteiger partial charge in [0.25, 0.3) is 14.1 Å². The number of aliphatic hydroxyl groups excluding tert-OH is 1. The van der Waals surface area contributed by atoms with Crippen LogP contribution in [0.5, 0.6) is 0 Å². The third kappa shape index (κ3) is 4.68. The number of esters is 1. The highest BCUT2D eigenvalue weighted by atomic mass is 31.2. The molecular formula is C18H21N4O8P. The Kier molecular flexibility index (Phi) is 6.44. The number of aliphatic hydroxyl groups is 1. The number of hydrogen-bond donors (Lipinski definition) is 2. The Labute approximate surface area is 177 Å². The van der Waals surface area contributed by atoms with E-state index < -0.39 is 50.3 Å². The average Bonchev–Trinajstić information content (AvgIpc) is 3.32. The molecule has 166 valence electrons. The summed E-state index contributed by atoms with van der Waals surface area (Å²) in [4.78, 5) is 41.4. The van der Waals surface area contributed by atoms with E-state index >= 15 is 0 Å². The van der Waals surface area contributed by atoms with Crippen molar-refractivity contribution in [3.8, 4) is 0 Å². The lowest BCUT2D eigenvalue weighted by molar-refractivity contribution is -0.153. The molecule has 4 heterocycles. The van der Waals surface area contributed by atoms with E-state index in [1.165, 1.54) is 13.1 Å². The summed E-state index contributed by atoms with van der Waals surface area (Å²) in [5.74, 6) is 0.0812. The SMILES string of the molecule is CC(=O)OC1C(O)[C@@H](n2ccc(=O)[nH]c2=O)O[C@H]1COP1OCCN1c1ccccn1. The minimum atomic E-state index is -1.48. The second-order valence-electron chi connectivity index (χ2n) is 6.83. The first kappa shape index (κ1) is 21.6. The Bertz CT molecular complexity index is 1030. The van der Waals surface area contributed by atoms with Gasteiger partial charge in [0.05, 0.1) is 19.8 Å². The van der Waals surface area contributed by atoms with Crippen molar-refractivity contribution in [1.29, 1.82) is 0 Å². The Morgan fingerprint density at radius 1 is 1.39 bits per heavy atom. The molecule has 13 heteroatoms. The van der Waals surface area contributed by atoms with Crippen LogP contribution in [0.1, 0.15) is 13.2 Å². The summed E-state index contributed by atoms with van der Waals surface area (Å²) in [6.45, 7) is 2.19. The minimum Gasteiger partial charge on any atom is -0.457 e. The highest BCUT2D eigenvalue weighted by molar-refractivity contribution is 7.49. The number of H-pyrrole nitrogens is 1. The van der Waals surface area contributed by atoms with Crippen molar-refractivity contribution in [1.82, 2.24) is 14.5 Å². The monoisotopic (exact) mass is 452 g/mol. The van der Waals surface area contributed by atoms with Crippen molar-refractivity contribution >= 4 is 20.3 Å². The van der Waals surface area contributed by atoms with Gasteiger partial charge in [0, 0.05) is 25.4 Å². The van der Waals surface area contributed by atoms with Crippen LogP contribution in [0.2, 0.25) is 0 Å². The number of carbonyl (C=O) groups excluding carboxylic acids is 1. The van der Waals surface area contributed by atoms with Gasteiger partial charge in [-0.1, -0.05) is 6.07 Å². The van der Waals surface area contributed by atoms with Gasteiger partial charge >= 0.3 is 11.7 Å². The summed E-state index contributed by atoms with van der Waals surface area (Å²) in [7, 11) is -1.48. The van der Waals surface area contributed by atoms with Crippen LogP contribution in [0.4, 0.5) is 5.82 Å². The standard InChI is InChI=1S/C18H21N4O8P/c1-11(23)29-16-12(30-17(15(16)25)21-7-5-14(24)20-18(21)26)10-28-31-22(8-9-27-31)13-4-2-3-6-19-13/h2-7,12,15-17,25H,8-10H2,1H3,(H,20,24,26)/t12-,15?,16?,17-,31?/m0/s1. The summed E-state index contributed by atoms with van der Waals surface area (Å²) in [5, 5.41) is 10.7. The van der Waals surface area contributed by atoms with E-state index in [2.05, 4.69) is 9.97 Å². The molecule has 2 fully saturated rings. The molecule has 2 aromatic rings. The normalized spacial score (nSPS) is 28.1. The third-order valence-corrected chi connectivity index (χ3v) is 6.27. The van der Waals surface area contributed by atoms with E-state index in [4.69, 9.17) is 18.5 Å². The topological polar surface area (TPSA) is 145 Å². The van der Waals surface area contributed by atoms with Gasteiger partial charge in [-0.25, -0.2) is 9.78 Å². The summed E-state index contributed by atoms with van der Waals surface area (Å²) in [5.41, 5.74) is -1.34. The van der Waals surface area contributed by atoms with Gasteiger partial charge in [0.15, 0.2) is 12.3 Å². The maximum absolute atomic E-state index is 12.1. The van der Waals surface area contributed by atoms with Gasteiger partial charge < -0.3 is 23.6 Å². The molecule has 0 bridgehead atoms. The fourth-order valence-electron chi connectivity index (χ4n) is 3.35. The summed E-state index contributed by atoms with van der Waals surface area (Å²) in [6.07, 6.45) is -1.62. The fraction of sp³-hybridized carbons (Fsp3) is 0.444. The van der Waals surface area contributed by atoms with Gasteiger partial charge in [0.1, 0.15) is 18.0 Å². The van der Waals surface area contributed by atoms with Crippen LogP contribution in [0.3, 0.4) is 0 Å². The molecular weight excluding hydrogens is 431 g/mol. The van der Waals surface area contributed by atoms with Gasteiger partial charge in [-0.15, -0.1) is 0 Å². The molecule has 5 atom stereocenters. The molecule has 0 aromatic carbocycles. The van der Waals surface area contributed by atoms with E-state index in [-0.39, 0.29) is 6.61 Å². The first-order valence-corrected chi connectivity index (χ1v) is 10.6. The lowest BCUT2D eigenvalue weighted by Gasteiger charge is -2.24. The zero-order chi connectivity index (χ0) is 22.0. The fourth-order valence-corrected chi connectivity index (χ4v) is 4.75. The summed E-state index contributed by atoms with van der Waals surface area (Å²) in [6, 6.07) is 6.62. The van der Waals surface area contributed by atoms with E-state index in [1.807, 2.05) is 16.8 Å². The summed E-state index contributed by atoms with van der Waals surface area (Å²) < 4.78 is 25.5. The smallest absolute Gasteiger partial charge is 0.330 e. The van der Waals surface area contributed by atoms with E-state index in [0.29, 0.717) is 19.0 Å². The molecule has 0 saturated carbocycles. The first-order valence-electron chi connectivity index (χ1n) is 9.50. The van der Waals surface area contributed by atoms with Crippen LogP contribution in [0.15, 0.2) is 46.2 Å². The highest BCUT2D eigenvalue weighted by Crippen LogP contribution is 2.49. The zero-order valence-electron chi connectivity index (χ0n) is 16.5. The zero-order valence-corrected chi connectivity index (χ0v) is 17.4. The second-order valence-corrected chi connectivity index (χ2v) is 8.30. The van der Waals surface area contributed by atoms with Crippen molar-refractivity contribution in [2.45, 2.75) is 31.5 Å². The highest BCUT2D eigenvalue weighted by Gasteiger charge is 2.48. The first-order chi connectivity index (χ1) is 14.9. The molecule has 12 nitrogen and oxygen atoms in total. The van der Waals surface area contributed by atoms with E-state index in [0.717, 1.165) is 10.6 Å². The molecule has 2 aromatic heterocycles. The lowest BCUT2D eigenvalue weighted by atomic mass is 10.1. The predicted octanol–water partition coefficient (Wildman–Crippen LogP) is -0.0981. The number of hydrogen-bond acceptors (Lipinski definition) is 10. The van der Waals surface area contributed by atoms with Crippen molar-refractivity contribution in [2.75, 3.05) is 24.4 Å². The maximum atomic E-state index is 12.1. The number of aromatic amines is 1. The number of pyridine rings is 1. The third-order valence-electron chi connectivity index (χ3n) is 4.70. The second kappa shape index (κ2) is 9.25. The Balaban J connectivity index is 1.50. The number of nitrogens with one attached hydrogen (secondary N) is 1. The molecule has 0 spiro atoms. The lowest BCUT2D eigenvalue weighted by Crippen LogP contribution is -2.39. The average molecular weight is 452 g/mol. The van der Waals surface area contributed by atoms with E-state index in [9.17, 15) is 19.5 Å². The molecule has 0 radical (unpaired) electrons. The van der Waals surface area contributed by atoms with Crippen molar-refractivity contribution < 1.29 is 28.4 Å². The van der Waals surface area contributed by atoms with Crippen LogP contribution in [-0.4, -0.2) is 63.7 Å². The van der Waals surface area contributed by atoms with Gasteiger partial charge in [0.2, 0.25) is 0 Å². The minimum absolute atomic E-state index is 0.0708. The number of rotatable bonds is 6. The van der Waals surface area contributed by atoms with Gasteiger partial charge in [-0.05, 0) is 12.1 Å². The molecule has 3 unspecified atom stereocenters. The van der Waals surface area contributed by atoms with Crippen LogP contribution in [0, 0.1) is 0 Å². The molecule has 2 N–H and O–H groups in total. The van der Waals surface area contributed by atoms with Crippen LogP contribution >= 0.6 is 8.53 Å². The number of aromatic nitrogens is 3. The van der Waals surface area contributed by atoms with Gasteiger partial charge in [-0.2, -0.15) is 0 Å². The van der Waals surface area contributed by atoms with Gasteiger partial charge in [-0.3, -0.25) is 23.8 Å². The van der Waals surface area contributed by atoms with Crippen molar-refractivity contribution in [2.24, 2.45) is 0 Å². The van der Waals surface area contributed by atoms with Crippen LogP contribution in [0.25, 0.3) is 0 Å². The Morgan fingerprint density at radius 3 is 2.94 bits per heavy atom. The van der Waals surface area contributed by atoms with E-state index in [1.54, 1.807) is 12.3 Å². The molecule has 0 aliphatic carbocycles. The predicted molar refractivity (Wildman–Crippen MR) is 107 cm³/mol. The van der Waals surface area contributed by atoms with Crippen LogP contribution < -0.4 is 15.9 Å². The Morgan fingerprint density at radius 2 is 2.23 bits per heavy atom. The maximum Gasteiger partial charge on any atom is 0.330 e. The number of ether oxygens (including phenoxy) is 2. The van der Waals surface area contributed by atoms with Crippen molar-refractivity contribution in [3.63, 3.8) is 0 Å². The number of nitrogens with zero attached hydrogens (tertiary/aromatic N) is 3. The molecule has 4 rings (SSSR count). The molecule has 2 aliphatic rings. The largest absolute Gasteiger partial charge is 0.457 e. The Hall–Kier alpha value is -2.63. The quantitative estimate of drug-likeness (QED) is 0.450. The molecule has 0 amide bonds. The summed E-state index contributed by atoms with van der Waals surface area (Å²) >= 11 is 0. The molecule has 2 aliphatic heterocycles. The number of anilines is 1. The number of carbonyl (C=O) groups is 1. The van der Waals surface area contributed by atoms with Crippen molar-refractivity contribution in [3.05, 3.63) is 57.5 Å². The molecule has 31 heavy (non-hydrogen) atoms. The molecule has 2 saturated heterocycles.